The van der Waals surface area contributed by atoms with Crippen LogP contribution in [0.25, 0.3) is 0 Å². The maximum absolute atomic E-state index is 2.64. The van der Waals surface area contributed by atoms with Crippen LogP contribution in [-0.4, -0.2) is 49.1 Å². The van der Waals surface area contributed by atoms with Crippen LogP contribution >= 0.6 is 0 Å². The number of piperazine rings is 1. The summed E-state index contributed by atoms with van der Waals surface area (Å²) in [6.45, 7) is 12.4. The molecule has 0 aromatic rings. The average molecular weight is 226 g/mol. The molecule has 16 heavy (non-hydrogen) atoms. The van der Waals surface area contributed by atoms with E-state index in [1.54, 1.807) is 0 Å². The average Bonchev–Trinajstić information content (AvgIpc) is 2.32. The Labute approximate surface area is 102 Å². The van der Waals surface area contributed by atoms with Gasteiger partial charge in [-0.15, -0.1) is 0 Å². The second-order valence-electron chi connectivity index (χ2n) is 5.10. The first-order valence-electron chi connectivity index (χ1n) is 7.31. The van der Waals surface area contributed by atoms with Gasteiger partial charge in [0, 0.05) is 26.2 Å². The van der Waals surface area contributed by atoms with E-state index in [1.807, 2.05) is 0 Å². The van der Waals surface area contributed by atoms with Crippen molar-refractivity contribution in [2.24, 2.45) is 0 Å². The molecule has 0 amide bonds. The van der Waals surface area contributed by atoms with E-state index in [9.17, 15) is 0 Å². The van der Waals surface area contributed by atoms with E-state index in [0.29, 0.717) is 0 Å². The van der Waals surface area contributed by atoms with Gasteiger partial charge in [0.15, 0.2) is 0 Å². The Kier molecular flexibility index (Phi) is 7.87. The quantitative estimate of drug-likeness (QED) is 0.587. The number of nitrogens with zero attached hydrogens (tertiary/aromatic N) is 2. The molecule has 0 spiro atoms. The Morgan fingerprint density at radius 1 is 0.625 bits per heavy atom. The summed E-state index contributed by atoms with van der Waals surface area (Å²) in [5.41, 5.74) is 0. The van der Waals surface area contributed by atoms with E-state index in [4.69, 9.17) is 0 Å². The Morgan fingerprint density at radius 3 is 1.31 bits per heavy atom. The predicted molar refractivity (Wildman–Crippen MR) is 71.9 cm³/mol. The van der Waals surface area contributed by atoms with Crippen LogP contribution in [-0.2, 0) is 0 Å². The Morgan fingerprint density at radius 2 is 1.00 bits per heavy atom. The topological polar surface area (TPSA) is 6.48 Å². The first-order valence-corrected chi connectivity index (χ1v) is 7.31. The smallest absolute Gasteiger partial charge is 0.0110 e. The van der Waals surface area contributed by atoms with Crippen molar-refractivity contribution in [3.05, 3.63) is 0 Å². The van der Waals surface area contributed by atoms with Crippen molar-refractivity contribution in [1.82, 2.24) is 9.80 Å². The molecule has 0 saturated carbocycles. The van der Waals surface area contributed by atoms with Crippen molar-refractivity contribution in [2.75, 3.05) is 39.3 Å². The van der Waals surface area contributed by atoms with Gasteiger partial charge in [-0.05, 0) is 25.9 Å². The van der Waals surface area contributed by atoms with Crippen LogP contribution in [0.5, 0.6) is 0 Å². The molecule has 1 heterocycles. The van der Waals surface area contributed by atoms with Gasteiger partial charge in [-0.2, -0.15) is 0 Å². The third-order valence-corrected chi connectivity index (χ3v) is 3.62. The fourth-order valence-electron chi connectivity index (χ4n) is 2.41. The lowest BCUT2D eigenvalue weighted by atomic mass is 10.2. The van der Waals surface area contributed by atoms with Crippen molar-refractivity contribution >= 4 is 0 Å². The highest BCUT2D eigenvalue weighted by atomic mass is 15.3. The molecule has 0 atom stereocenters. The van der Waals surface area contributed by atoms with Crippen LogP contribution in [0.2, 0.25) is 0 Å². The minimum Gasteiger partial charge on any atom is -0.301 e. The molecule has 1 aliphatic rings. The first-order chi connectivity index (χ1) is 7.86. The molecule has 0 aromatic carbocycles. The van der Waals surface area contributed by atoms with Crippen LogP contribution in [0.15, 0.2) is 0 Å². The SMILES string of the molecule is CCCCCN1CCN(CCCCC)CC1. The second-order valence-corrected chi connectivity index (χ2v) is 5.10. The summed E-state index contributed by atoms with van der Waals surface area (Å²) in [5, 5.41) is 0. The summed E-state index contributed by atoms with van der Waals surface area (Å²) >= 11 is 0. The van der Waals surface area contributed by atoms with Crippen LogP contribution in [0.1, 0.15) is 52.4 Å². The minimum absolute atomic E-state index is 1.30. The third-order valence-electron chi connectivity index (χ3n) is 3.62. The monoisotopic (exact) mass is 226 g/mol. The van der Waals surface area contributed by atoms with Crippen LogP contribution in [0, 0.1) is 0 Å². The zero-order chi connectivity index (χ0) is 11.6. The maximum Gasteiger partial charge on any atom is 0.0110 e. The predicted octanol–water partition coefficient (Wildman–Crippen LogP) is 2.98. The van der Waals surface area contributed by atoms with Gasteiger partial charge in [0.1, 0.15) is 0 Å². The maximum atomic E-state index is 2.64. The normalized spacial score (nSPS) is 19.1. The molecular formula is C14H30N2. The summed E-state index contributed by atoms with van der Waals surface area (Å²) in [6, 6.07) is 0. The number of hydrogen-bond donors (Lipinski definition) is 0. The summed E-state index contributed by atoms with van der Waals surface area (Å²) in [5.74, 6) is 0. The molecule has 1 rings (SSSR count). The van der Waals surface area contributed by atoms with E-state index in [-0.39, 0.29) is 0 Å². The zero-order valence-corrected chi connectivity index (χ0v) is 11.4. The van der Waals surface area contributed by atoms with Crippen molar-refractivity contribution in [1.29, 1.82) is 0 Å². The third kappa shape index (κ3) is 5.86. The molecule has 0 aliphatic carbocycles. The molecule has 0 bridgehead atoms. The van der Waals surface area contributed by atoms with Crippen molar-refractivity contribution in [3.63, 3.8) is 0 Å². The Balaban J connectivity index is 2.00. The molecule has 2 nitrogen and oxygen atoms in total. The minimum atomic E-state index is 1.30. The van der Waals surface area contributed by atoms with Crippen molar-refractivity contribution < 1.29 is 0 Å². The lowest BCUT2D eigenvalue weighted by molar-refractivity contribution is 0.129. The molecule has 0 radical (unpaired) electrons. The number of rotatable bonds is 8. The largest absolute Gasteiger partial charge is 0.301 e. The zero-order valence-electron chi connectivity index (χ0n) is 11.4. The lowest BCUT2D eigenvalue weighted by Gasteiger charge is -2.34. The molecular weight excluding hydrogens is 196 g/mol. The molecule has 1 fully saturated rings. The first kappa shape index (κ1) is 14.0. The van der Waals surface area contributed by atoms with E-state index in [2.05, 4.69) is 23.6 Å². The summed E-state index contributed by atoms with van der Waals surface area (Å²) in [7, 11) is 0. The molecule has 1 aliphatic heterocycles. The summed E-state index contributed by atoms with van der Waals surface area (Å²) < 4.78 is 0. The van der Waals surface area contributed by atoms with Gasteiger partial charge in [0.05, 0.1) is 0 Å². The van der Waals surface area contributed by atoms with Crippen LogP contribution in [0.3, 0.4) is 0 Å². The molecule has 0 aromatic heterocycles. The summed E-state index contributed by atoms with van der Waals surface area (Å²) in [4.78, 5) is 5.29. The van der Waals surface area contributed by atoms with Crippen molar-refractivity contribution in [3.8, 4) is 0 Å². The highest BCUT2D eigenvalue weighted by Crippen LogP contribution is 2.06. The number of hydrogen-bond acceptors (Lipinski definition) is 2. The van der Waals surface area contributed by atoms with E-state index >= 15 is 0 Å². The van der Waals surface area contributed by atoms with Gasteiger partial charge in [-0.3, -0.25) is 0 Å². The van der Waals surface area contributed by atoms with E-state index in [0.717, 1.165) is 0 Å². The van der Waals surface area contributed by atoms with Gasteiger partial charge in [-0.25, -0.2) is 0 Å². The second kappa shape index (κ2) is 9.00. The highest BCUT2D eigenvalue weighted by Gasteiger charge is 2.15. The molecule has 96 valence electrons. The molecule has 1 saturated heterocycles. The fourth-order valence-corrected chi connectivity index (χ4v) is 2.41. The van der Waals surface area contributed by atoms with E-state index < -0.39 is 0 Å². The van der Waals surface area contributed by atoms with Gasteiger partial charge in [0.25, 0.3) is 0 Å². The summed E-state index contributed by atoms with van der Waals surface area (Å²) in [6.07, 6.45) is 8.28. The fraction of sp³-hybridized carbons (Fsp3) is 1.00. The van der Waals surface area contributed by atoms with Gasteiger partial charge < -0.3 is 9.80 Å². The Hall–Kier alpha value is -0.0800. The lowest BCUT2D eigenvalue weighted by Crippen LogP contribution is -2.46. The van der Waals surface area contributed by atoms with Gasteiger partial charge in [0.2, 0.25) is 0 Å². The molecule has 2 heteroatoms. The standard InChI is InChI=1S/C14H30N2/c1-3-5-7-9-15-11-13-16(14-12-15)10-8-6-4-2/h3-14H2,1-2H3. The van der Waals surface area contributed by atoms with Gasteiger partial charge >= 0.3 is 0 Å². The molecule has 0 unspecified atom stereocenters. The Bertz CT molecular complexity index is 133. The van der Waals surface area contributed by atoms with Crippen molar-refractivity contribution in [2.45, 2.75) is 52.4 Å². The van der Waals surface area contributed by atoms with Crippen LogP contribution < -0.4 is 0 Å². The van der Waals surface area contributed by atoms with Gasteiger partial charge in [-0.1, -0.05) is 39.5 Å². The van der Waals surface area contributed by atoms with Crippen LogP contribution in [0.4, 0.5) is 0 Å². The highest BCUT2D eigenvalue weighted by molar-refractivity contribution is 4.71. The number of unbranched alkanes of at least 4 members (excludes halogenated alkanes) is 4. The molecule has 0 N–H and O–H groups in total. The van der Waals surface area contributed by atoms with E-state index in [1.165, 1.54) is 77.8 Å².